The summed E-state index contributed by atoms with van der Waals surface area (Å²) < 4.78 is 0. The Bertz CT molecular complexity index is 405. The first kappa shape index (κ1) is 19.1. The maximum Gasteiger partial charge on any atom is 0.0794 e. The fraction of sp³-hybridized carbons (Fsp3) is 0.263. The molecule has 1 rings (SSSR count). The number of hydrogen-bond donors (Lipinski definition) is 1. The number of aliphatic hydroxyl groups excluding tert-OH is 1. The fourth-order valence-electron chi connectivity index (χ4n) is 1.99. The molecule has 1 heterocycles. The van der Waals surface area contributed by atoms with Gasteiger partial charge in [-0.3, -0.25) is 4.90 Å². The predicted octanol–water partition coefficient (Wildman–Crippen LogP) is 3.82. The lowest BCUT2D eigenvalue weighted by molar-refractivity contribution is -0.0148. The van der Waals surface area contributed by atoms with Gasteiger partial charge in [0.25, 0.3) is 0 Å². The van der Waals surface area contributed by atoms with Crippen molar-refractivity contribution in [3.8, 4) is 0 Å². The van der Waals surface area contributed by atoms with Crippen molar-refractivity contribution in [2.45, 2.75) is 18.6 Å². The van der Waals surface area contributed by atoms with Crippen molar-refractivity contribution in [2.24, 2.45) is 0 Å². The summed E-state index contributed by atoms with van der Waals surface area (Å²) in [6.45, 7) is 19.4. The average molecular weight is 285 g/mol. The number of allylic oxidation sites excluding steroid dienone is 6. The summed E-state index contributed by atoms with van der Waals surface area (Å²) >= 11 is 0. The molecule has 0 spiro atoms. The topological polar surface area (TPSA) is 23.5 Å². The minimum absolute atomic E-state index is 0.185. The van der Waals surface area contributed by atoms with Crippen molar-refractivity contribution < 1.29 is 5.11 Å². The standard InChI is InChI=1S/C15H21NO.C4H6/c1-4-7-10-13(8-5-2)15(9-6-3)16-11-14(17)12-16;1-3-4-2/h4-8,10,14-15,17H,1-3,9,11-12H2;3-4H,1-2H2/b10-7-,13-8+;. The second-order valence-electron chi connectivity index (χ2n) is 4.62. The first-order valence-corrected chi connectivity index (χ1v) is 7.02. The molecule has 2 heteroatoms. The Labute approximate surface area is 129 Å². The van der Waals surface area contributed by atoms with Crippen LogP contribution in [-0.4, -0.2) is 35.2 Å². The van der Waals surface area contributed by atoms with Gasteiger partial charge >= 0.3 is 0 Å². The number of rotatable bonds is 8. The monoisotopic (exact) mass is 285 g/mol. The molecule has 1 unspecified atom stereocenters. The molecule has 0 aromatic heterocycles. The number of hydrogen-bond acceptors (Lipinski definition) is 2. The van der Waals surface area contributed by atoms with Crippen molar-refractivity contribution >= 4 is 0 Å². The maximum atomic E-state index is 9.38. The van der Waals surface area contributed by atoms with Crippen LogP contribution in [0.25, 0.3) is 0 Å². The molecule has 0 saturated carbocycles. The van der Waals surface area contributed by atoms with E-state index in [0.717, 1.165) is 19.5 Å². The quantitative estimate of drug-likeness (QED) is 0.541. The van der Waals surface area contributed by atoms with Crippen LogP contribution < -0.4 is 0 Å². The summed E-state index contributed by atoms with van der Waals surface area (Å²) in [6.07, 6.45) is 15.4. The van der Waals surface area contributed by atoms with Gasteiger partial charge in [0.05, 0.1) is 6.10 Å². The molecule has 1 atom stereocenters. The third-order valence-electron chi connectivity index (χ3n) is 3.01. The molecule has 0 amide bonds. The van der Waals surface area contributed by atoms with Crippen molar-refractivity contribution in [2.75, 3.05) is 13.1 Å². The summed E-state index contributed by atoms with van der Waals surface area (Å²) in [5.41, 5.74) is 1.17. The van der Waals surface area contributed by atoms with Crippen LogP contribution in [0.4, 0.5) is 0 Å². The van der Waals surface area contributed by atoms with Gasteiger partial charge < -0.3 is 5.11 Å². The van der Waals surface area contributed by atoms with Crippen LogP contribution in [0.1, 0.15) is 6.42 Å². The van der Waals surface area contributed by atoms with E-state index >= 15 is 0 Å². The Balaban J connectivity index is 0.000000885. The molecule has 1 saturated heterocycles. The van der Waals surface area contributed by atoms with Crippen LogP contribution in [0.5, 0.6) is 0 Å². The molecular formula is C19H27NO. The Hall–Kier alpha value is -1.90. The van der Waals surface area contributed by atoms with E-state index in [9.17, 15) is 5.11 Å². The van der Waals surface area contributed by atoms with Crippen molar-refractivity contribution in [1.29, 1.82) is 0 Å². The molecule has 0 aliphatic carbocycles. The van der Waals surface area contributed by atoms with Gasteiger partial charge in [0.2, 0.25) is 0 Å². The van der Waals surface area contributed by atoms with Crippen LogP contribution in [0.15, 0.2) is 87.1 Å². The van der Waals surface area contributed by atoms with E-state index in [2.05, 4.69) is 37.8 Å². The highest BCUT2D eigenvalue weighted by molar-refractivity contribution is 5.31. The lowest BCUT2D eigenvalue weighted by atomic mass is 9.96. The molecule has 0 radical (unpaired) electrons. The molecule has 114 valence electrons. The third kappa shape index (κ3) is 7.45. The maximum absolute atomic E-state index is 9.38. The van der Waals surface area contributed by atoms with Gasteiger partial charge in [0.1, 0.15) is 0 Å². The molecule has 1 N–H and O–H groups in total. The molecule has 1 fully saturated rings. The zero-order valence-electron chi connectivity index (χ0n) is 12.8. The molecule has 2 nitrogen and oxygen atoms in total. The van der Waals surface area contributed by atoms with Gasteiger partial charge in [-0.25, -0.2) is 0 Å². The van der Waals surface area contributed by atoms with Crippen molar-refractivity contribution in [1.82, 2.24) is 4.90 Å². The Morgan fingerprint density at radius 3 is 2.05 bits per heavy atom. The molecule has 0 aromatic carbocycles. The molecule has 1 aliphatic heterocycles. The lowest BCUT2D eigenvalue weighted by Gasteiger charge is -2.42. The number of aliphatic hydroxyl groups is 1. The van der Waals surface area contributed by atoms with Crippen LogP contribution >= 0.6 is 0 Å². The number of nitrogens with zero attached hydrogens (tertiary/aromatic N) is 1. The van der Waals surface area contributed by atoms with Gasteiger partial charge in [0.15, 0.2) is 0 Å². The Kier molecular flexibility index (Phi) is 10.8. The van der Waals surface area contributed by atoms with Crippen LogP contribution in [0.3, 0.4) is 0 Å². The first-order valence-electron chi connectivity index (χ1n) is 7.02. The van der Waals surface area contributed by atoms with E-state index in [-0.39, 0.29) is 12.1 Å². The number of β-amino-alcohol motifs (C(OH)–C–C–N with tert-alkyl or cyclic N) is 1. The summed E-state index contributed by atoms with van der Waals surface area (Å²) in [6, 6.07) is 0.269. The first-order chi connectivity index (χ1) is 10.1. The van der Waals surface area contributed by atoms with E-state index in [4.69, 9.17) is 0 Å². The van der Waals surface area contributed by atoms with E-state index < -0.39 is 0 Å². The highest BCUT2D eigenvalue weighted by atomic mass is 16.3. The zero-order chi connectivity index (χ0) is 16.1. The summed E-state index contributed by atoms with van der Waals surface area (Å²) in [5.74, 6) is 0. The van der Waals surface area contributed by atoms with Crippen LogP contribution in [-0.2, 0) is 0 Å². The summed E-state index contributed by atoms with van der Waals surface area (Å²) in [7, 11) is 0. The van der Waals surface area contributed by atoms with Crippen LogP contribution in [0, 0.1) is 0 Å². The Morgan fingerprint density at radius 2 is 1.67 bits per heavy atom. The summed E-state index contributed by atoms with van der Waals surface area (Å²) in [5, 5.41) is 9.38. The summed E-state index contributed by atoms with van der Waals surface area (Å²) in [4.78, 5) is 2.25. The lowest BCUT2D eigenvalue weighted by Crippen LogP contribution is -2.55. The number of likely N-dealkylation sites (tertiary alicyclic amines) is 1. The largest absolute Gasteiger partial charge is 0.390 e. The van der Waals surface area contributed by atoms with E-state index in [0.29, 0.717) is 0 Å². The Morgan fingerprint density at radius 1 is 1.05 bits per heavy atom. The van der Waals surface area contributed by atoms with Crippen LogP contribution in [0.2, 0.25) is 0 Å². The van der Waals surface area contributed by atoms with Gasteiger partial charge in [0, 0.05) is 19.1 Å². The molecule has 1 aliphatic rings. The second kappa shape index (κ2) is 11.9. The highest BCUT2D eigenvalue weighted by Crippen LogP contribution is 2.22. The van der Waals surface area contributed by atoms with Crippen molar-refractivity contribution in [3.05, 3.63) is 87.1 Å². The van der Waals surface area contributed by atoms with Gasteiger partial charge in [-0.15, -0.1) is 6.58 Å². The minimum Gasteiger partial charge on any atom is -0.390 e. The third-order valence-corrected chi connectivity index (χ3v) is 3.01. The second-order valence-corrected chi connectivity index (χ2v) is 4.62. The minimum atomic E-state index is -0.185. The SMILES string of the molecule is C=C/C=C\C(=C/C=C)C(CC=C)N1CC(O)C1.C=CC=C. The highest BCUT2D eigenvalue weighted by Gasteiger charge is 2.31. The van der Waals surface area contributed by atoms with E-state index in [1.54, 1.807) is 24.3 Å². The fourth-order valence-corrected chi connectivity index (χ4v) is 1.99. The van der Waals surface area contributed by atoms with Crippen molar-refractivity contribution in [3.63, 3.8) is 0 Å². The van der Waals surface area contributed by atoms with Gasteiger partial charge in [-0.05, 0) is 12.0 Å². The average Bonchev–Trinajstić information content (AvgIpc) is 2.47. The van der Waals surface area contributed by atoms with E-state index in [1.165, 1.54) is 5.57 Å². The molecular weight excluding hydrogens is 258 g/mol. The van der Waals surface area contributed by atoms with E-state index in [1.807, 2.05) is 24.3 Å². The predicted molar refractivity (Wildman–Crippen MR) is 94.2 cm³/mol. The zero-order valence-corrected chi connectivity index (χ0v) is 12.8. The molecule has 21 heavy (non-hydrogen) atoms. The molecule has 0 aromatic rings. The van der Waals surface area contributed by atoms with Gasteiger partial charge in [-0.2, -0.15) is 0 Å². The normalized spacial score (nSPS) is 17.1. The smallest absolute Gasteiger partial charge is 0.0794 e. The molecule has 0 bridgehead atoms. The van der Waals surface area contributed by atoms with Gasteiger partial charge in [-0.1, -0.05) is 74.9 Å².